The Kier molecular flexibility index (Phi) is 5.54. The summed E-state index contributed by atoms with van der Waals surface area (Å²) >= 11 is 0. The van der Waals surface area contributed by atoms with Crippen LogP contribution in [0.1, 0.15) is 45.7 Å². The normalized spacial score (nSPS) is 16.2. The molecule has 0 aliphatic heterocycles. The number of pyridine rings is 1. The Morgan fingerprint density at radius 1 is 1.23 bits per heavy atom. The molecule has 0 spiro atoms. The summed E-state index contributed by atoms with van der Waals surface area (Å²) in [5.74, 6) is 0.562. The summed E-state index contributed by atoms with van der Waals surface area (Å²) < 4.78 is 0. The van der Waals surface area contributed by atoms with Crippen molar-refractivity contribution >= 4 is 12.7 Å². The third-order valence-corrected chi connectivity index (χ3v) is 4.39. The van der Waals surface area contributed by atoms with Crippen LogP contribution in [0.25, 0.3) is 12.7 Å². The zero-order valence-corrected chi connectivity index (χ0v) is 14.2. The van der Waals surface area contributed by atoms with Crippen LogP contribution in [-0.4, -0.2) is 4.98 Å². The lowest BCUT2D eigenvalue weighted by atomic mass is 9.85. The van der Waals surface area contributed by atoms with Crippen LogP contribution < -0.4 is 10.6 Å². The van der Waals surface area contributed by atoms with Gasteiger partial charge in [0.1, 0.15) is 0 Å². The van der Waals surface area contributed by atoms with Crippen molar-refractivity contribution in [3.05, 3.63) is 63.8 Å². The molecule has 0 amide bonds. The number of hydrogen-bond donors (Lipinski definition) is 0. The van der Waals surface area contributed by atoms with Crippen molar-refractivity contribution in [2.24, 2.45) is 5.92 Å². The van der Waals surface area contributed by atoms with Crippen LogP contribution in [0.2, 0.25) is 0 Å². The van der Waals surface area contributed by atoms with Crippen LogP contribution >= 0.6 is 0 Å². The van der Waals surface area contributed by atoms with Gasteiger partial charge < -0.3 is 0 Å². The lowest BCUT2D eigenvalue weighted by molar-refractivity contribution is 0.731. The van der Waals surface area contributed by atoms with E-state index >= 15 is 0 Å². The molecule has 1 aromatic heterocycles. The summed E-state index contributed by atoms with van der Waals surface area (Å²) in [4.78, 5) is 4.62. The van der Waals surface area contributed by atoms with Crippen molar-refractivity contribution < 1.29 is 0 Å². The van der Waals surface area contributed by atoms with Gasteiger partial charge in [0.15, 0.2) is 0 Å². The molecular formula is C21H27N. The van der Waals surface area contributed by atoms with Crippen molar-refractivity contribution in [3.63, 3.8) is 0 Å². The molecule has 0 saturated carbocycles. The zero-order valence-electron chi connectivity index (χ0n) is 14.2. The molecule has 1 aromatic rings. The van der Waals surface area contributed by atoms with E-state index in [1.54, 1.807) is 0 Å². The Labute approximate surface area is 134 Å². The largest absolute Gasteiger partial charge is 0.253 e. The quantitative estimate of drug-likeness (QED) is 0.797. The molecule has 0 N–H and O–H groups in total. The Morgan fingerprint density at radius 2 is 2.00 bits per heavy atom. The fourth-order valence-corrected chi connectivity index (χ4v) is 3.03. The third-order valence-electron chi connectivity index (χ3n) is 4.39. The van der Waals surface area contributed by atoms with Crippen molar-refractivity contribution in [1.29, 1.82) is 0 Å². The first kappa shape index (κ1) is 16.5. The highest BCUT2D eigenvalue weighted by molar-refractivity contribution is 5.39. The lowest BCUT2D eigenvalue weighted by Gasteiger charge is -2.21. The van der Waals surface area contributed by atoms with Gasteiger partial charge in [0.25, 0.3) is 0 Å². The van der Waals surface area contributed by atoms with Crippen LogP contribution in [0.15, 0.2) is 47.6 Å². The van der Waals surface area contributed by atoms with Crippen LogP contribution in [0.4, 0.5) is 0 Å². The maximum Gasteiger partial charge on any atom is 0.0630 e. The molecule has 0 radical (unpaired) electrons. The van der Waals surface area contributed by atoms with Crippen molar-refractivity contribution in [2.45, 2.75) is 46.5 Å². The lowest BCUT2D eigenvalue weighted by Crippen LogP contribution is -2.27. The molecule has 1 aliphatic rings. The Hall–Kier alpha value is -1.89. The number of nitrogens with zero attached hydrogens (tertiary/aromatic N) is 1. The van der Waals surface area contributed by atoms with E-state index in [0.29, 0.717) is 5.92 Å². The summed E-state index contributed by atoms with van der Waals surface area (Å²) in [5.41, 5.74) is 5.55. The first-order chi connectivity index (χ1) is 10.5. The number of hydrogen-bond acceptors (Lipinski definition) is 1. The predicted octanol–water partition coefficient (Wildman–Crippen LogP) is 4.08. The Morgan fingerprint density at radius 3 is 2.59 bits per heavy atom. The van der Waals surface area contributed by atoms with E-state index in [0.717, 1.165) is 41.9 Å². The van der Waals surface area contributed by atoms with Gasteiger partial charge in [-0.25, -0.2) is 0 Å². The molecule has 0 fully saturated rings. The van der Waals surface area contributed by atoms with Crippen LogP contribution in [-0.2, 0) is 6.42 Å². The highest BCUT2D eigenvalue weighted by Crippen LogP contribution is 2.31. The van der Waals surface area contributed by atoms with Gasteiger partial charge in [-0.15, -0.1) is 0 Å². The third kappa shape index (κ3) is 3.85. The second-order valence-electron chi connectivity index (χ2n) is 6.27. The van der Waals surface area contributed by atoms with E-state index in [1.165, 1.54) is 16.7 Å². The monoisotopic (exact) mass is 293 g/mol. The standard InChI is InChI=1S/C21H27N/c1-6-18-11-13-20(22-16(18)5)12-9-17-8-10-19(7-2)21(14-17)15(3)4/h6-7,11,13-15H,2,5,8-10,12H2,1,3-4H3/b18-6-. The minimum atomic E-state index is 0.562. The molecule has 116 valence electrons. The number of allylic oxidation sites excluding steroid dienone is 5. The van der Waals surface area contributed by atoms with Crippen LogP contribution in [0.5, 0.6) is 0 Å². The number of aromatic nitrogens is 1. The van der Waals surface area contributed by atoms with E-state index < -0.39 is 0 Å². The molecule has 1 aliphatic carbocycles. The van der Waals surface area contributed by atoms with E-state index in [1.807, 2.05) is 13.0 Å². The maximum absolute atomic E-state index is 4.62. The van der Waals surface area contributed by atoms with E-state index in [9.17, 15) is 0 Å². The van der Waals surface area contributed by atoms with Gasteiger partial charge in [0.2, 0.25) is 0 Å². The summed E-state index contributed by atoms with van der Waals surface area (Å²) in [6.07, 6.45) is 10.8. The molecule has 1 nitrogen and oxygen atoms in total. The predicted molar refractivity (Wildman–Crippen MR) is 96.8 cm³/mol. The fraction of sp³-hybridized carbons (Fsp3) is 0.381. The molecular weight excluding hydrogens is 266 g/mol. The van der Waals surface area contributed by atoms with Crippen LogP contribution in [0.3, 0.4) is 0 Å². The highest BCUT2D eigenvalue weighted by Gasteiger charge is 2.14. The van der Waals surface area contributed by atoms with E-state index in [2.05, 4.69) is 56.3 Å². The highest BCUT2D eigenvalue weighted by atomic mass is 14.7. The van der Waals surface area contributed by atoms with Gasteiger partial charge in [-0.05, 0) is 61.0 Å². The average molecular weight is 293 g/mol. The average Bonchev–Trinajstić information content (AvgIpc) is 2.52. The fourth-order valence-electron chi connectivity index (χ4n) is 3.03. The summed E-state index contributed by atoms with van der Waals surface area (Å²) in [5, 5.41) is 2.01. The summed E-state index contributed by atoms with van der Waals surface area (Å²) in [7, 11) is 0. The SMILES string of the molecule is C=CC1=C(C(C)C)C=C(CCc2cc/c(=C/C)c(=C)n2)CC1. The molecule has 1 heteroatoms. The molecule has 0 unspecified atom stereocenters. The molecule has 0 aromatic carbocycles. The van der Waals surface area contributed by atoms with Gasteiger partial charge in [-0.3, -0.25) is 4.98 Å². The van der Waals surface area contributed by atoms with Gasteiger partial charge in [0, 0.05) is 5.69 Å². The topological polar surface area (TPSA) is 12.9 Å². The van der Waals surface area contributed by atoms with Gasteiger partial charge in [0.05, 0.1) is 5.35 Å². The first-order valence-corrected chi connectivity index (χ1v) is 8.21. The summed E-state index contributed by atoms with van der Waals surface area (Å²) in [6.45, 7) is 14.5. The molecule has 2 rings (SSSR count). The molecule has 22 heavy (non-hydrogen) atoms. The maximum atomic E-state index is 4.62. The van der Waals surface area contributed by atoms with Gasteiger partial charge in [-0.1, -0.05) is 56.9 Å². The van der Waals surface area contributed by atoms with E-state index in [-0.39, 0.29) is 0 Å². The Balaban J connectivity index is 2.12. The molecule has 0 atom stereocenters. The Bertz CT molecular complexity index is 717. The number of rotatable bonds is 5. The second-order valence-corrected chi connectivity index (χ2v) is 6.27. The molecule has 0 saturated heterocycles. The number of aryl methyl sites for hydroxylation is 1. The second kappa shape index (κ2) is 7.40. The van der Waals surface area contributed by atoms with Crippen molar-refractivity contribution in [1.82, 2.24) is 4.98 Å². The molecule has 1 heterocycles. The minimum Gasteiger partial charge on any atom is -0.253 e. The summed E-state index contributed by atoms with van der Waals surface area (Å²) in [6, 6.07) is 4.25. The van der Waals surface area contributed by atoms with Crippen LogP contribution in [0, 0.1) is 5.92 Å². The molecule has 0 bridgehead atoms. The van der Waals surface area contributed by atoms with Gasteiger partial charge in [-0.2, -0.15) is 0 Å². The van der Waals surface area contributed by atoms with Crippen molar-refractivity contribution in [3.8, 4) is 0 Å². The minimum absolute atomic E-state index is 0.562. The van der Waals surface area contributed by atoms with Gasteiger partial charge >= 0.3 is 0 Å². The van der Waals surface area contributed by atoms with E-state index in [4.69, 9.17) is 0 Å². The smallest absolute Gasteiger partial charge is 0.0630 e. The first-order valence-electron chi connectivity index (χ1n) is 8.21. The zero-order chi connectivity index (χ0) is 16.1. The van der Waals surface area contributed by atoms with Crippen molar-refractivity contribution in [2.75, 3.05) is 0 Å².